The summed E-state index contributed by atoms with van der Waals surface area (Å²) in [5.41, 5.74) is 1.13. The SMILES string of the molecule is CCCCNC(=O)c1cccc(N=CC2=C(O)CC(C)(C)CC2=O)c1. The summed E-state index contributed by atoms with van der Waals surface area (Å²) in [4.78, 5) is 28.6. The van der Waals surface area contributed by atoms with Crippen LogP contribution in [0.5, 0.6) is 0 Å². The lowest BCUT2D eigenvalue weighted by Gasteiger charge is -2.28. The molecule has 0 aromatic heterocycles. The van der Waals surface area contributed by atoms with Crippen LogP contribution < -0.4 is 5.32 Å². The lowest BCUT2D eigenvalue weighted by atomic mass is 9.77. The molecule has 0 unspecified atom stereocenters. The van der Waals surface area contributed by atoms with E-state index in [1.54, 1.807) is 24.3 Å². The van der Waals surface area contributed by atoms with Crippen LogP contribution in [0.25, 0.3) is 0 Å². The van der Waals surface area contributed by atoms with Crippen LogP contribution in [-0.4, -0.2) is 29.6 Å². The van der Waals surface area contributed by atoms with E-state index in [-0.39, 0.29) is 28.4 Å². The van der Waals surface area contributed by atoms with Crippen molar-refractivity contribution in [3.8, 4) is 0 Å². The number of benzene rings is 1. The maximum atomic E-state index is 12.2. The highest BCUT2D eigenvalue weighted by atomic mass is 16.3. The summed E-state index contributed by atoms with van der Waals surface area (Å²) >= 11 is 0. The fourth-order valence-corrected chi connectivity index (χ4v) is 2.80. The van der Waals surface area contributed by atoms with E-state index in [0.29, 0.717) is 30.6 Å². The number of hydrogen-bond donors (Lipinski definition) is 2. The number of aliphatic hydroxyl groups excluding tert-OH is 1. The lowest BCUT2D eigenvalue weighted by molar-refractivity contribution is -0.117. The number of carbonyl (C=O) groups excluding carboxylic acids is 2. The van der Waals surface area contributed by atoms with Gasteiger partial charge in [0, 0.05) is 31.2 Å². The second-order valence-electron chi connectivity index (χ2n) is 7.22. The number of rotatable bonds is 6. The van der Waals surface area contributed by atoms with Crippen LogP contribution in [0.3, 0.4) is 0 Å². The number of allylic oxidation sites excluding steroid dienone is 2. The van der Waals surface area contributed by atoms with E-state index in [2.05, 4.69) is 17.2 Å². The Labute approximate surface area is 148 Å². The molecular weight excluding hydrogens is 316 g/mol. The standard InChI is InChI=1S/C20H26N2O3/c1-4-5-9-21-19(25)14-7-6-8-15(10-14)22-13-16-17(23)11-20(2,3)12-18(16)24/h6-8,10,13,23H,4-5,9,11-12H2,1-3H3,(H,21,25). The van der Waals surface area contributed by atoms with Crippen molar-refractivity contribution in [3.63, 3.8) is 0 Å². The van der Waals surface area contributed by atoms with Gasteiger partial charge in [0.25, 0.3) is 5.91 Å². The molecule has 0 aliphatic heterocycles. The Morgan fingerprint density at radius 1 is 1.36 bits per heavy atom. The van der Waals surface area contributed by atoms with Gasteiger partial charge in [0.15, 0.2) is 5.78 Å². The summed E-state index contributed by atoms with van der Waals surface area (Å²) in [6.45, 7) is 6.62. The van der Waals surface area contributed by atoms with Gasteiger partial charge in [-0.15, -0.1) is 0 Å². The number of ketones is 1. The second-order valence-corrected chi connectivity index (χ2v) is 7.22. The molecule has 1 aliphatic rings. The number of hydrogen-bond acceptors (Lipinski definition) is 4. The first-order chi connectivity index (χ1) is 11.8. The number of aliphatic imine (C=N–C) groups is 1. The molecule has 0 radical (unpaired) electrons. The minimum absolute atomic E-state index is 0.0819. The van der Waals surface area contributed by atoms with Crippen LogP contribution in [0.4, 0.5) is 5.69 Å². The average Bonchev–Trinajstić information content (AvgIpc) is 2.53. The molecule has 1 aromatic rings. The van der Waals surface area contributed by atoms with Gasteiger partial charge in [-0.1, -0.05) is 33.3 Å². The Morgan fingerprint density at radius 3 is 2.80 bits per heavy atom. The second kappa shape index (κ2) is 8.10. The Hall–Kier alpha value is -2.43. The number of unbranched alkanes of at least 4 members (excludes halogenated alkanes) is 1. The zero-order valence-corrected chi connectivity index (χ0v) is 15.1. The van der Waals surface area contributed by atoms with Crippen LogP contribution in [-0.2, 0) is 4.79 Å². The third-order valence-corrected chi connectivity index (χ3v) is 4.16. The zero-order chi connectivity index (χ0) is 18.4. The van der Waals surface area contributed by atoms with Gasteiger partial charge < -0.3 is 10.4 Å². The molecule has 1 aromatic carbocycles. The summed E-state index contributed by atoms with van der Waals surface area (Å²) < 4.78 is 0. The molecule has 0 saturated heterocycles. The molecule has 0 heterocycles. The quantitative estimate of drug-likeness (QED) is 0.603. The maximum absolute atomic E-state index is 12.2. The third-order valence-electron chi connectivity index (χ3n) is 4.16. The molecule has 0 saturated carbocycles. The van der Waals surface area contributed by atoms with Crippen LogP contribution in [0.2, 0.25) is 0 Å². The van der Waals surface area contributed by atoms with Crippen molar-refractivity contribution in [2.75, 3.05) is 6.54 Å². The number of Topliss-reactive ketones (excluding diaryl/α,β-unsaturated/α-hetero) is 1. The molecule has 134 valence electrons. The summed E-state index contributed by atoms with van der Waals surface area (Å²) in [6, 6.07) is 6.91. The van der Waals surface area contributed by atoms with Gasteiger partial charge >= 0.3 is 0 Å². The van der Waals surface area contributed by atoms with Crippen molar-refractivity contribution in [1.29, 1.82) is 0 Å². The first-order valence-electron chi connectivity index (χ1n) is 8.70. The Bertz CT molecular complexity index is 717. The van der Waals surface area contributed by atoms with Crippen molar-refractivity contribution in [3.05, 3.63) is 41.2 Å². The largest absolute Gasteiger partial charge is 0.511 e. The third kappa shape index (κ3) is 5.28. The van der Waals surface area contributed by atoms with E-state index in [4.69, 9.17) is 0 Å². The number of aliphatic hydroxyl groups is 1. The zero-order valence-electron chi connectivity index (χ0n) is 15.1. The first-order valence-corrected chi connectivity index (χ1v) is 8.70. The Balaban J connectivity index is 2.13. The molecule has 1 amide bonds. The topological polar surface area (TPSA) is 78.8 Å². The number of amides is 1. The van der Waals surface area contributed by atoms with E-state index >= 15 is 0 Å². The van der Waals surface area contributed by atoms with Crippen molar-refractivity contribution >= 4 is 23.6 Å². The smallest absolute Gasteiger partial charge is 0.251 e. The fourth-order valence-electron chi connectivity index (χ4n) is 2.80. The molecule has 25 heavy (non-hydrogen) atoms. The van der Waals surface area contributed by atoms with Gasteiger partial charge in [0.2, 0.25) is 0 Å². The molecule has 5 nitrogen and oxygen atoms in total. The van der Waals surface area contributed by atoms with Gasteiger partial charge in [0.05, 0.1) is 11.3 Å². The van der Waals surface area contributed by atoms with E-state index < -0.39 is 0 Å². The van der Waals surface area contributed by atoms with Crippen molar-refractivity contribution in [1.82, 2.24) is 5.32 Å². The first kappa shape index (κ1) is 18.9. The Morgan fingerprint density at radius 2 is 2.12 bits per heavy atom. The molecule has 0 bridgehead atoms. The maximum Gasteiger partial charge on any atom is 0.251 e. The van der Waals surface area contributed by atoms with Gasteiger partial charge in [-0.05, 0) is 30.0 Å². The predicted octanol–water partition coefficient (Wildman–Crippen LogP) is 4.12. The number of nitrogens with zero attached hydrogens (tertiary/aromatic N) is 1. The molecule has 0 atom stereocenters. The van der Waals surface area contributed by atoms with Gasteiger partial charge in [0.1, 0.15) is 5.76 Å². The van der Waals surface area contributed by atoms with Crippen LogP contribution in [0.1, 0.15) is 56.8 Å². The van der Waals surface area contributed by atoms with Crippen molar-refractivity contribution in [2.24, 2.45) is 10.4 Å². The average molecular weight is 342 g/mol. The molecule has 1 aliphatic carbocycles. The van der Waals surface area contributed by atoms with E-state index in [1.807, 2.05) is 13.8 Å². The van der Waals surface area contributed by atoms with Crippen molar-refractivity contribution in [2.45, 2.75) is 46.5 Å². The predicted molar refractivity (Wildman–Crippen MR) is 99.5 cm³/mol. The molecule has 0 spiro atoms. The summed E-state index contributed by atoms with van der Waals surface area (Å²) in [7, 11) is 0. The van der Waals surface area contributed by atoms with Crippen LogP contribution in [0.15, 0.2) is 40.6 Å². The monoisotopic (exact) mass is 342 g/mol. The normalized spacial score (nSPS) is 17.2. The highest BCUT2D eigenvalue weighted by Gasteiger charge is 2.32. The number of carbonyl (C=O) groups is 2. The molecule has 0 fully saturated rings. The summed E-state index contributed by atoms with van der Waals surface area (Å²) in [5, 5.41) is 13.0. The van der Waals surface area contributed by atoms with E-state index in [9.17, 15) is 14.7 Å². The van der Waals surface area contributed by atoms with Gasteiger partial charge in [-0.2, -0.15) is 0 Å². The van der Waals surface area contributed by atoms with E-state index in [0.717, 1.165) is 12.8 Å². The minimum Gasteiger partial charge on any atom is -0.511 e. The molecule has 2 N–H and O–H groups in total. The molecule has 2 rings (SSSR count). The lowest BCUT2D eigenvalue weighted by Crippen LogP contribution is -2.26. The van der Waals surface area contributed by atoms with Gasteiger partial charge in [-0.25, -0.2) is 0 Å². The molecular formula is C20H26N2O3. The highest BCUT2D eigenvalue weighted by molar-refractivity contribution is 6.15. The fraction of sp³-hybridized carbons (Fsp3) is 0.450. The van der Waals surface area contributed by atoms with Crippen LogP contribution in [0, 0.1) is 5.41 Å². The Kier molecular flexibility index (Phi) is 6.12. The summed E-state index contributed by atoms with van der Waals surface area (Å²) in [6.07, 6.45) is 4.21. The van der Waals surface area contributed by atoms with Gasteiger partial charge in [-0.3, -0.25) is 14.6 Å². The van der Waals surface area contributed by atoms with Crippen molar-refractivity contribution < 1.29 is 14.7 Å². The molecule has 5 heteroatoms. The minimum atomic E-state index is -0.227. The van der Waals surface area contributed by atoms with E-state index in [1.165, 1.54) is 6.21 Å². The summed E-state index contributed by atoms with van der Waals surface area (Å²) in [5.74, 6) is -0.160. The van der Waals surface area contributed by atoms with Crippen LogP contribution >= 0.6 is 0 Å². The number of nitrogens with one attached hydrogen (secondary N) is 1. The highest BCUT2D eigenvalue weighted by Crippen LogP contribution is 2.35.